The molecular formula is C17H29N7OS. The number of aromatic nitrogens is 4. The second-order valence-electron chi connectivity index (χ2n) is 7.23. The molecule has 0 radical (unpaired) electrons. The first-order valence-electron chi connectivity index (χ1n) is 9.32. The summed E-state index contributed by atoms with van der Waals surface area (Å²) in [5.74, 6) is 1.23. The lowest BCUT2D eigenvalue weighted by Gasteiger charge is -2.39. The van der Waals surface area contributed by atoms with Crippen LogP contribution in [0, 0.1) is 0 Å². The molecule has 0 saturated carbocycles. The highest BCUT2D eigenvalue weighted by atomic mass is 32.1. The number of rotatable bonds is 7. The van der Waals surface area contributed by atoms with Crippen LogP contribution in [0.5, 0.6) is 0 Å². The summed E-state index contributed by atoms with van der Waals surface area (Å²) in [6.07, 6.45) is 3.06. The van der Waals surface area contributed by atoms with Crippen LogP contribution >= 0.6 is 0 Å². The zero-order valence-electron chi connectivity index (χ0n) is 15.9. The first-order chi connectivity index (χ1) is 12.3. The fourth-order valence-electron chi connectivity index (χ4n) is 3.48. The Hall–Kier alpha value is -1.58. The Morgan fingerprint density at radius 3 is 2.81 bits per heavy atom. The van der Waals surface area contributed by atoms with Crippen LogP contribution in [-0.4, -0.2) is 66.3 Å². The molecule has 26 heavy (non-hydrogen) atoms. The SMILES string of the molecule is CC[C@H](Nc1nc(NC2CC[N@@+]([S-])(CC)C2)c2ncn(C)c2n1)[C@@H](C)O. The molecule has 3 rings (SSSR count). The van der Waals surface area contributed by atoms with E-state index in [2.05, 4.69) is 32.5 Å². The number of likely N-dealkylation sites (N-methyl/N-ethyl adjacent to an activating group) is 1. The molecule has 1 aliphatic heterocycles. The van der Waals surface area contributed by atoms with Crippen molar-refractivity contribution in [2.75, 3.05) is 30.3 Å². The maximum Gasteiger partial charge on any atom is 0.227 e. The Balaban J connectivity index is 1.89. The number of likely N-dealkylation sites (tertiary alicyclic amines) is 1. The molecule has 0 amide bonds. The molecule has 1 saturated heterocycles. The van der Waals surface area contributed by atoms with E-state index in [-0.39, 0.29) is 12.1 Å². The second-order valence-corrected chi connectivity index (χ2v) is 8.01. The zero-order valence-corrected chi connectivity index (χ0v) is 16.8. The molecule has 4 atom stereocenters. The third-order valence-corrected chi connectivity index (χ3v) is 5.84. The fraction of sp³-hybridized carbons (Fsp3) is 0.706. The lowest BCUT2D eigenvalue weighted by molar-refractivity contribution is -0.778. The average molecular weight is 380 g/mol. The van der Waals surface area contributed by atoms with Crippen LogP contribution in [0.15, 0.2) is 6.33 Å². The molecule has 144 valence electrons. The molecule has 0 bridgehead atoms. The van der Waals surface area contributed by atoms with Gasteiger partial charge in [-0.1, -0.05) is 6.92 Å². The summed E-state index contributed by atoms with van der Waals surface area (Å²) in [4.78, 5) is 13.7. The van der Waals surface area contributed by atoms with Crippen LogP contribution in [0.4, 0.5) is 11.8 Å². The maximum atomic E-state index is 9.92. The summed E-state index contributed by atoms with van der Waals surface area (Å²) in [5, 5.41) is 16.7. The molecule has 2 aromatic rings. The van der Waals surface area contributed by atoms with Gasteiger partial charge in [0.2, 0.25) is 5.95 Å². The van der Waals surface area contributed by atoms with E-state index in [1.807, 2.05) is 18.5 Å². The van der Waals surface area contributed by atoms with Gasteiger partial charge in [-0.15, -0.1) is 0 Å². The number of aryl methyl sites for hydroxylation is 1. The number of fused-ring (bicyclic) bond motifs is 1. The lowest BCUT2D eigenvalue weighted by Crippen LogP contribution is -2.41. The van der Waals surface area contributed by atoms with Crippen molar-refractivity contribution < 1.29 is 8.99 Å². The van der Waals surface area contributed by atoms with Crippen molar-refractivity contribution in [3.8, 4) is 0 Å². The number of aliphatic hydroxyl groups is 1. The molecule has 2 aromatic heterocycles. The minimum Gasteiger partial charge on any atom is -0.494 e. The molecule has 3 N–H and O–H groups in total. The molecule has 3 heterocycles. The standard InChI is InChI=1S/C17H29N7OS/c1-5-13(11(3)25)20-17-21-15(14-16(22-17)23(4)10-18-14)19-12-7-8-24(26,6-2)9-12/h10-13,25H,5-9H2,1-4H3,(H2,19,20,21,22)/t11-,12?,13+,24+/m1/s1. The van der Waals surface area contributed by atoms with E-state index in [9.17, 15) is 5.11 Å². The van der Waals surface area contributed by atoms with Crippen LogP contribution < -0.4 is 10.6 Å². The Morgan fingerprint density at radius 2 is 2.19 bits per heavy atom. The van der Waals surface area contributed by atoms with Crippen LogP contribution in [0.3, 0.4) is 0 Å². The first-order valence-corrected chi connectivity index (χ1v) is 9.69. The minimum atomic E-state index is -0.486. The highest BCUT2D eigenvalue weighted by molar-refractivity contribution is 7.52. The van der Waals surface area contributed by atoms with Gasteiger partial charge in [0.05, 0.1) is 44.1 Å². The fourth-order valence-corrected chi connectivity index (χ4v) is 3.76. The molecule has 1 unspecified atom stereocenters. The number of aliphatic hydroxyl groups excluding tert-OH is 1. The molecule has 0 spiro atoms. The highest BCUT2D eigenvalue weighted by Crippen LogP contribution is 2.25. The molecule has 1 fully saturated rings. The summed E-state index contributed by atoms with van der Waals surface area (Å²) < 4.78 is 2.55. The number of quaternary nitrogens is 1. The molecule has 8 nitrogen and oxygen atoms in total. The van der Waals surface area contributed by atoms with E-state index < -0.39 is 6.10 Å². The highest BCUT2D eigenvalue weighted by Gasteiger charge is 2.29. The Labute approximate surface area is 160 Å². The number of hydrogen-bond donors (Lipinski definition) is 3. The number of nitrogens with one attached hydrogen (secondary N) is 2. The first kappa shape index (κ1) is 19.2. The predicted octanol–water partition coefficient (Wildman–Crippen LogP) is 1.42. The van der Waals surface area contributed by atoms with E-state index >= 15 is 0 Å². The van der Waals surface area contributed by atoms with Gasteiger partial charge in [0.1, 0.15) is 0 Å². The topological polar surface area (TPSA) is 87.9 Å². The van der Waals surface area contributed by atoms with Gasteiger partial charge in [-0.3, -0.25) is 0 Å². The van der Waals surface area contributed by atoms with Gasteiger partial charge in [0.15, 0.2) is 17.0 Å². The van der Waals surface area contributed by atoms with E-state index in [1.165, 1.54) is 0 Å². The molecule has 9 heteroatoms. The minimum absolute atomic E-state index is 0.0999. The molecular weight excluding hydrogens is 350 g/mol. The summed E-state index contributed by atoms with van der Waals surface area (Å²) in [5.41, 5.74) is 1.52. The van der Waals surface area contributed by atoms with E-state index in [0.717, 1.165) is 49.5 Å². The molecule has 0 aliphatic carbocycles. The monoisotopic (exact) mass is 379 g/mol. The molecule has 1 aliphatic rings. The van der Waals surface area contributed by atoms with Crippen molar-refractivity contribution in [1.29, 1.82) is 0 Å². The third kappa shape index (κ3) is 3.89. The molecule has 0 aromatic carbocycles. The third-order valence-electron chi connectivity index (χ3n) is 5.25. The summed E-state index contributed by atoms with van der Waals surface area (Å²) in [7, 11) is 1.92. The van der Waals surface area contributed by atoms with Gasteiger partial charge in [0, 0.05) is 13.5 Å². The van der Waals surface area contributed by atoms with Crippen LogP contribution in [0.2, 0.25) is 0 Å². The van der Waals surface area contributed by atoms with Gasteiger partial charge in [-0.05, 0) is 20.3 Å². The Morgan fingerprint density at radius 1 is 1.42 bits per heavy atom. The van der Waals surface area contributed by atoms with Gasteiger partial charge >= 0.3 is 0 Å². The largest absolute Gasteiger partial charge is 0.494 e. The summed E-state index contributed by atoms with van der Waals surface area (Å²) in [6.45, 7) is 8.78. The zero-order chi connectivity index (χ0) is 18.9. The number of nitrogens with zero attached hydrogens (tertiary/aromatic N) is 5. The van der Waals surface area contributed by atoms with Gasteiger partial charge < -0.3 is 37.0 Å². The van der Waals surface area contributed by atoms with E-state index in [4.69, 9.17) is 12.8 Å². The second kappa shape index (κ2) is 7.58. The Kier molecular flexibility index (Phi) is 5.59. The van der Waals surface area contributed by atoms with Crippen LogP contribution in [0.1, 0.15) is 33.6 Å². The average Bonchev–Trinajstić information content (AvgIpc) is 3.17. The van der Waals surface area contributed by atoms with Crippen molar-refractivity contribution >= 4 is 35.7 Å². The van der Waals surface area contributed by atoms with Gasteiger partial charge in [-0.2, -0.15) is 9.97 Å². The van der Waals surface area contributed by atoms with Crippen molar-refractivity contribution in [2.45, 2.75) is 51.8 Å². The quantitative estimate of drug-likeness (QED) is 0.495. The Bertz CT molecular complexity index is 765. The van der Waals surface area contributed by atoms with Gasteiger partial charge in [0.25, 0.3) is 0 Å². The van der Waals surface area contributed by atoms with Crippen molar-refractivity contribution in [1.82, 2.24) is 19.5 Å². The maximum absolute atomic E-state index is 9.92. The number of hydrogen-bond acceptors (Lipinski definition) is 7. The van der Waals surface area contributed by atoms with Crippen LogP contribution in [0.25, 0.3) is 11.2 Å². The van der Waals surface area contributed by atoms with E-state index in [0.29, 0.717) is 9.84 Å². The van der Waals surface area contributed by atoms with Gasteiger partial charge in [-0.25, -0.2) is 4.98 Å². The smallest absolute Gasteiger partial charge is 0.227 e. The van der Waals surface area contributed by atoms with Crippen molar-refractivity contribution in [3.05, 3.63) is 6.33 Å². The van der Waals surface area contributed by atoms with Crippen LogP contribution in [-0.2, 0) is 19.9 Å². The van der Waals surface area contributed by atoms with E-state index in [1.54, 1.807) is 13.3 Å². The normalized spacial score (nSPS) is 25.4. The van der Waals surface area contributed by atoms with Crippen molar-refractivity contribution in [3.63, 3.8) is 0 Å². The predicted molar refractivity (Wildman–Crippen MR) is 106 cm³/mol. The number of imidazole rings is 1. The lowest BCUT2D eigenvalue weighted by atomic mass is 10.1. The van der Waals surface area contributed by atoms with Crippen molar-refractivity contribution in [2.24, 2.45) is 7.05 Å². The summed E-state index contributed by atoms with van der Waals surface area (Å²) in [6, 6.07) is 0.177. The number of anilines is 2. The summed E-state index contributed by atoms with van der Waals surface area (Å²) >= 11 is 5.69.